The van der Waals surface area contributed by atoms with Crippen LogP contribution in [0, 0.1) is 4.77 Å². The van der Waals surface area contributed by atoms with Crippen molar-refractivity contribution in [3.05, 3.63) is 75.3 Å². The van der Waals surface area contributed by atoms with Gasteiger partial charge in [0.15, 0.2) is 4.77 Å². The van der Waals surface area contributed by atoms with Crippen LogP contribution in [0.3, 0.4) is 0 Å². The van der Waals surface area contributed by atoms with Crippen LogP contribution in [-0.4, -0.2) is 65.0 Å². The molecule has 8 heteroatoms. The van der Waals surface area contributed by atoms with Crippen molar-refractivity contribution in [1.29, 1.82) is 0 Å². The summed E-state index contributed by atoms with van der Waals surface area (Å²) in [6, 6.07) is 17.2. The van der Waals surface area contributed by atoms with Gasteiger partial charge in [-0.3, -0.25) is 19.1 Å². The fourth-order valence-corrected chi connectivity index (χ4v) is 4.37. The minimum Gasteiger partial charge on any atom is -0.348 e. The van der Waals surface area contributed by atoms with Crippen LogP contribution < -0.4 is 10.9 Å². The Kier molecular flexibility index (Phi) is 7.14. The molecule has 1 saturated heterocycles. The Hall–Kier alpha value is -2.81. The summed E-state index contributed by atoms with van der Waals surface area (Å²) in [5, 5.41) is 3.75. The highest BCUT2D eigenvalue weighted by Gasteiger charge is 2.21. The van der Waals surface area contributed by atoms with Gasteiger partial charge >= 0.3 is 0 Å². The number of carbonyl (C=O) groups is 1. The number of hydrogen-bond donors (Lipinski definition) is 2. The second-order valence-corrected chi connectivity index (χ2v) is 8.70. The maximum Gasteiger partial charge on any atom is 0.262 e. The summed E-state index contributed by atoms with van der Waals surface area (Å²) in [5.41, 5.74) is 1.62. The molecular formula is C24H29N5O2S. The zero-order valence-electron chi connectivity index (χ0n) is 18.3. The lowest BCUT2D eigenvalue weighted by Crippen LogP contribution is -2.48. The summed E-state index contributed by atoms with van der Waals surface area (Å²) in [5.74, 6) is -0.0950. The minimum absolute atomic E-state index is 0.0950. The number of nitrogens with zero attached hydrogens (tertiary/aromatic N) is 3. The molecule has 32 heavy (non-hydrogen) atoms. The molecule has 2 aromatic carbocycles. The molecule has 168 valence electrons. The predicted octanol–water partition coefficient (Wildman–Crippen LogP) is 2.55. The van der Waals surface area contributed by atoms with Crippen molar-refractivity contribution >= 4 is 29.0 Å². The van der Waals surface area contributed by atoms with Gasteiger partial charge in [-0.15, -0.1) is 0 Å². The fourth-order valence-electron chi connectivity index (χ4n) is 4.09. The number of para-hydroxylation sites is 1. The average molecular weight is 452 g/mol. The van der Waals surface area contributed by atoms with Crippen LogP contribution in [0.4, 0.5) is 0 Å². The first-order valence-electron chi connectivity index (χ1n) is 11.0. The molecule has 1 atom stereocenters. The van der Waals surface area contributed by atoms with E-state index >= 15 is 0 Å². The molecule has 1 aromatic heterocycles. The number of benzene rings is 2. The maximum atomic E-state index is 12.9. The van der Waals surface area contributed by atoms with E-state index in [1.165, 1.54) is 4.57 Å². The van der Waals surface area contributed by atoms with Gasteiger partial charge in [0.2, 0.25) is 5.91 Å². The van der Waals surface area contributed by atoms with Gasteiger partial charge in [-0.25, -0.2) is 0 Å². The molecule has 0 aliphatic carbocycles. The highest BCUT2D eigenvalue weighted by Crippen LogP contribution is 2.16. The molecule has 0 bridgehead atoms. The number of carbonyl (C=O) groups excluding carboxylic acids is 1. The van der Waals surface area contributed by atoms with Gasteiger partial charge in [-0.05, 0) is 37.0 Å². The Balaban J connectivity index is 1.45. The van der Waals surface area contributed by atoms with Crippen molar-refractivity contribution in [2.45, 2.75) is 19.0 Å². The van der Waals surface area contributed by atoms with Crippen molar-refractivity contribution in [2.75, 3.05) is 39.8 Å². The summed E-state index contributed by atoms with van der Waals surface area (Å²) >= 11 is 5.37. The molecule has 4 rings (SSSR count). The largest absolute Gasteiger partial charge is 0.348 e. The molecule has 2 N–H and O–H groups in total. The molecule has 0 radical (unpaired) electrons. The lowest BCUT2D eigenvalue weighted by atomic mass is 10.1. The van der Waals surface area contributed by atoms with Crippen molar-refractivity contribution < 1.29 is 4.79 Å². The van der Waals surface area contributed by atoms with Crippen LogP contribution in [-0.2, 0) is 11.3 Å². The van der Waals surface area contributed by atoms with Crippen molar-refractivity contribution in [1.82, 2.24) is 24.7 Å². The topological polar surface area (TPSA) is 73.4 Å². The lowest BCUT2D eigenvalue weighted by Gasteiger charge is -2.35. The number of aromatic nitrogens is 2. The van der Waals surface area contributed by atoms with Gasteiger partial charge in [-0.1, -0.05) is 42.5 Å². The van der Waals surface area contributed by atoms with E-state index < -0.39 is 0 Å². The standard InChI is InChI=1S/C24H29N5O2S/c1-27-13-15-28(16-14-27)17-21(18-7-3-2-4-8-18)25-22(30)11-12-29-23(31)19-9-5-6-10-20(19)26-24(29)32/h2-10,21H,11-17H2,1H3,(H,25,30)(H,26,32). The van der Waals surface area contributed by atoms with Gasteiger partial charge in [0.25, 0.3) is 5.56 Å². The van der Waals surface area contributed by atoms with Gasteiger partial charge in [-0.2, -0.15) is 0 Å². The molecule has 1 aliphatic rings. The number of likely N-dealkylation sites (N-methyl/N-ethyl adjacent to an activating group) is 1. The zero-order valence-corrected chi connectivity index (χ0v) is 19.1. The van der Waals surface area contributed by atoms with E-state index in [1.807, 2.05) is 48.5 Å². The molecular weight excluding hydrogens is 422 g/mol. The van der Waals surface area contributed by atoms with E-state index in [4.69, 9.17) is 12.2 Å². The Morgan fingerprint density at radius 2 is 1.75 bits per heavy atom. The summed E-state index contributed by atoms with van der Waals surface area (Å²) < 4.78 is 1.80. The number of H-pyrrole nitrogens is 1. The van der Waals surface area contributed by atoms with E-state index in [-0.39, 0.29) is 30.5 Å². The summed E-state index contributed by atoms with van der Waals surface area (Å²) in [6.45, 7) is 5.02. The van der Waals surface area contributed by atoms with Gasteiger partial charge < -0.3 is 15.2 Å². The molecule has 7 nitrogen and oxygen atoms in total. The molecule has 1 amide bonds. The molecule has 1 aliphatic heterocycles. The summed E-state index contributed by atoms with van der Waals surface area (Å²) in [4.78, 5) is 33.5. The number of aromatic amines is 1. The third kappa shape index (κ3) is 5.32. The van der Waals surface area contributed by atoms with E-state index in [2.05, 4.69) is 27.1 Å². The van der Waals surface area contributed by atoms with Crippen molar-refractivity contribution in [2.24, 2.45) is 0 Å². The summed E-state index contributed by atoms with van der Waals surface area (Å²) in [7, 11) is 2.13. The number of amides is 1. The number of fused-ring (bicyclic) bond motifs is 1. The van der Waals surface area contributed by atoms with Gasteiger partial charge in [0.1, 0.15) is 0 Å². The van der Waals surface area contributed by atoms with Crippen LogP contribution in [0.2, 0.25) is 0 Å². The van der Waals surface area contributed by atoms with E-state index in [0.29, 0.717) is 15.7 Å². The smallest absolute Gasteiger partial charge is 0.262 e. The third-order valence-corrected chi connectivity index (χ3v) is 6.35. The van der Waals surface area contributed by atoms with Crippen molar-refractivity contribution in [3.8, 4) is 0 Å². The quantitative estimate of drug-likeness (QED) is 0.540. The van der Waals surface area contributed by atoms with E-state index in [0.717, 1.165) is 38.3 Å². The normalized spacial score (nSPS) is 16.2. The maximum absolute atomic E-state index is 12.9. The molecule has 0 spiro atoms. The second kappa shape index (κ2) is 10.2. The molecule has 1 fully saturated rings. The first-order chi connectivity index (χ1) is 15.5. The monoisotopic (exact) mass is 451 g/mol. The van der Waals surface area contributed by atoms with Crippen LogP contribution in [0.1, 0.15) is 18.0 Å². The van der Waals surface area contributed by atoms with Crippen LogP contribution in [0.5, 0.6) is 0 Å². The van der Waals surface area contributed by atoms with Gasteiger partial charge in [0, 0.05) is 45.7 Å². The lowest BCUT2D eigenvalue weighted by molar-refractivity contribution is -0.122. The van der Waals surface area contributed by atoms with E-state index in [1.54, 1.807) is 6.07 Å². The predicted molar refractivity (Wildman–Crippen MR) is 129 cm³/mol. The number of nitrogens with one attached hydrogen (secondary N) is 2. The first kappa shape index (κ1) is 22.4. The molecule has 1 unspecified atom stereocenters. The van der Waals surface area contributed by atoms with Crippen LogP contribution >= 0.6 is 12.2 Å². The summed E-state index contributed by atoms with van der Waals surface area (Å²) in [6.07, 6.45) is 0.182. The Morgan fingerprint density at radius 3 is 2.50 bits per heavy atom. The van der Waals surface area contributed by atoms with E-state index in [9.17, 15) is 9.59 Å². The Morgan fingerprint density at radius 1 is 1.06 bits per heavy atom. The second-order valence-electron chi connectivity index (χ2n) is 8.32. The highest BCUT2D eigenvalue weighted by atomic mass is 32.1. The molecule has 2 heterocycles. The van der Waals surface area contributed by atoms with Gasteiger partial charge in [0.05, 0.1) is 16.9 Å². The highest BCUT2D eigenvalue weighted by molar-refractivity contribution is 7.71. The Bertz CT molecular complexity index is 1180. The molecule has 3 aromatic rings. The van der Waals surface area contributed by atoms with Crippen molar-refractivity contribution in [3.63, 3.8) is 0 Å². The number of piperazine rings is 1. The average Bonchev–Trinajstić information content (AvgIpc) is 2.80. The Labute approximate surface area is 192 Å². The minimum atomic E-state index is -0.172. The molecule has 0 saturated carbocycles. The SMILES string of the molecule is CN1CCN(CC(NC(=O)CCn2c(=S)[nH]c3ccccc3c2=O)c2ccccc2)CC1. The van der Waals surface area contributed by atoms with Crippen LogP contribution in [0.15, 0.2) is 59.4 Å². The number of hydrogen-bond acceptors (Lipinski definition) is 5. The third-order valence-electron chi connectivity index (χ3n) is 6.03. The first-order valence-corrected chi connectivity index (χ1v) is 11.4. The fraction of sp³-hybridized carbons (Fsp3) is 0.375. The zero-order chi connectivity index (χ0) is 22.5. The number of rotatable bonds is 7. The van der Waals surface area contributed by atoms with Crippen LogP contribution in [0.25, 0.3) is 10.9 Å².